The van der Waals surface area contributed by atoms with E-state index in [0.29, 0.717) is 19.7 Å². The third-order valence-electron chi connectivity index (χ3n) is 3.62. The van der Waals surface area contributed by atoms with E-state index in [1.165, 1.54) is 11.8 Å². The fourth-order valence-corrected chi connectivity index (χ4v) is 3.16. The smallest absolute Gasteiger partial charge is 0.414 e. The summed E-state index contributed by atoms with van der Waals surface area (Å²) in [5, 5.41) is 14.8. The van der Waals surface area contributed by atoms with Gasteiger partial charge >= 0.3 is 11.9 Å². The van der Waals surface area contributed by atoms with Crippen molar-refractivity contribution in [3.63, 3.8) is 0 Å². The molecule has 0 spiro atoms. The molecule has 0 amide bonds. The van der Waals surface area contributed by atoms with E-state index < -0.39 is 22.0 Å². The molecule has 0 bridgehead atoms. The fourth-order valence-electron chi connectivity index (χ4n) is 2.34. The summed E-state index contributed by atoms with van der Waals surface area (Å²) in [6, 6.07) is 8.08. The molecule has 1 aromatic carbocycles. The molecule has 2 rings (SSSR count). The number of ether oxygens (including phenoxy) is 1. The van der Waals surface area contributed by atoms with Crippen molar-refractivity contribution < 1.29 is 33.0 Å². The maximum absolute atomic E-state index is 11.4. The Labute approximate surface area is 152 Å². The molecule has 0 aromatic heterocycles. The van der Waals surface area contributed by atoms with Crippen LogP contribution >= 0.6 is 0 Å². The van der Waals surface area contributed by atoms with Gasteiger partial charge in [0, 0.05) is 32.7 Å². The van der Waals surface area contributed by atoms with Gasteiger partial charge in [0.15, 0.2) is 0 Å². The number of sulfonamides is 1. The van der Waals surface area contributed by atoms with Crippen LogP contribution in [0.4, 0.5) is 0 Å². The van der Waals surface area contributed by atoms with Gasteiger partial charge in [-0.1, -0.05) is 12.1 Å². The summed E-state index contributed by atoms with van der Waals surface area (Å²) in [6.07, 6.45) is 1.27. The molecule has 0 saturated carbocycles. The van der Waals surface area contributed by atoms with Crippen LogP contribution in [0.5, 0.6) is 5.75 Å². The number of hydrogen-bond acceptors (Lipinski definition) is 6. The van der Waals surface area contributed by atoms with Crippen LogP contribution in [0.3, 0.4) is 0 Å². The van der Waals surface area contributed by atoms with Gasteiger partial charge < -0.3 is 14.9 Å². The summed E-state index contributed by atoms with van der Waals surface area (Å²) < 4.78 is 29.8. The number of carboxylic acids is 2. The van der Waals surface area contributed by atoms with E-state index in [0.717, 1.165) is 25.4 Å². The zero-order chi connectivity index (χ0) is 19.7. The lowest BCUT2D eigenvalue weighted by Crippen LogP contribution is -2.47. The van der Waals surface area contributed by atoms with Crippen LogP contribution in [0, 0.1) is 0 Å². The number of carbonyl (C=O) groups is 2. The van der Waals surface area contributed by atoms with Gasteiger partial charge in [-0.15, -0.1) is 0 Å². The summed E-state index contributed by atoms with van der Waals surface area (Å²) in [5.74, 6) is -2.76. The SMILES string of the molecule is CCOc1ccc(CN2CCN(S(C)(=O)=O)CC2)cc1.O=C(O)C(=O)O. The standard InChI is InChI=1S/C14H22N2O3S.C2H2O4/c1-3-19-14-6-4-13(5-7-14)12-15-8-10-16(11-9-15)20(2,17)18;3-1(4)2(5)6/h4-7H,3,8-12H2,1-2H3;(H,3,4)(H,5,6). The molecule has 1 saturated heterocycles. The van der Waals surface area contributed by atoms with Gasteiger partial charge in [0.2, 0.25) is 10.0 Å². The first-order valence-electron chi connectivity index (χ1n) is 7.99. The maximum Gasteiger partial charge on any atom is 0.414 e. The number of piperazine rings is 1. The number of nitrogens with zero attached hydrogens (tertiary/aromatic N) is 2. The van der Waals surface area contributed by atoms with E-state index in [-0.39, 0.29) is 0 Å². The minimum Gasteiger partial charge on any atom is -0.494 e. The first-order valence-corrected chi connectivity index (χ1v) is 9.83. The van der Waals surface area contributed by atoms with Gasteiger partial charge in [0.05, 0.1) is 12.9 Å². The number of hydrogen-bond donors (Lipinski definition) is 2. The van der Waals surface area contributed by atoms with E-state index in [9.17, 15) is 8.42 Å². The zero-order valence-electron chi connectivity index (χ0n) is 14.8. The van der Waals surface area contributed by atoms with Crippen molar-refractivity contribution in [3.05, 3.63) is 29.8 Å². The Morgan fingerprint density at radius 2 is 1.54 bits per heavy atom. The first-order chi connectivity index (χ1) is 12.1. The summed E-state index contributed by atoms with van der Waals surface area (Å²) in [7, 11) is -3.04. The summed E-state index contributed by atoms with van der Waals surface area (Å²) in [6.45, 7) is 6.21. The quantitative estimate of drug-likeness (QED) is 0.691. The topological polar surface area (TPSA) is 124 Å². The lowest BCUT2D eigenvalue weighted by atomic mass is 10.2. The van der Waals surface area contributed by atoms with Gasteiger partial charge in [-0.25, -0.2) is 18.0 Å². The predicted octanol–water partition coefficient (Wildman–Crippen LogP) is 0.318. The van der Waals surface area contributed by atoms with Crippen LogP contribution in [0.15, 0.2) is 24.3 Å². The average molecular weight is 388 g/mol. The molecule has 1 aromatic rings. The molecular weight excluding hydrogens is 364 g/mol. The van der Waals surface area contributed by atoms with Crippen LogP contribution < -0.4 is 4.74 Å². The average Bonchev–Trinajstić information content (AvgIpc) is 2.57. The van der Waals surface area contributed by atoms with Crippen LogP contribution in [0.25, 0.3) is 0 Å². The third-order valence-corrected chi connectivity index (χ3v) is 4.93. The maximum atomic E-state index is 11.4. The highest BCUT2D eigenvalue weighted by atomic mass is 32.2. The fraction of sp³-hybridized carbons (Fsp3) is 0.500. The molecule has 1 heterocycles. The Bertz CT molecular complexity index is 684. The lowest BCUT2D eigenvalue weighted by molar-refractivity contribution is -0.159. The largest absolute Gasteiger partial charge is 0.494 e. The second kappa shape index (κ2) is 10.1. The van der Waals surface area contributed by atoms with E-state index in [4.69, 9.17) is 24.5 Å². The number of carboxylic acid groups (broad SMARTS) is 2. The number of rotatable bonds is 5. The normalized spacial score (nSPS) is 15.6. The van der Waals surface area contributed by atoms with Gasteiger partial charge in [-0.05, 0) is 24.6 Å². The lowest BCUT2D eigenvalue weighted by Gasteiger charge is -2.33. The highest BCUT2D eigenvalue weighted by Crippen LogP contribution is 2.15. The minimum atomic E-state index is -3.04. The van der Waals surface area contributed by atoms with Gasteiger partial charge in [-0.2, -0.15) is 4.31 Å². The summed E-state index contributed by atoms with van der Waals surface area (Å²) >= 11 is 0. The molecule has 2 N–H and O–H groups in total. The van der Waals surface area contributed by atoms with Crippen molar-refractivity contribution >= 4 is 22.0 Å². The molecule has 146 valence electrons. The molecule has 9 nitrogen and oxygen atoms in total. The Kier molecular flexibility index (Phi) is 8.49. The molecule has 0 unspecified atom stereocenters. The van der Waals surface area contributed by atoms with E-state index in [1.807, 2.05) is 19.1 Å². The second-order valence-corrected chi connectivity index (χ2v) is 7.61. The molecule has 10 heteroatoms. The van der Waals surface area contributed by atoms with Crippen molar-refractivity contribution in [1.82, 2.24) is 9.21 Å². The molecular formula is C16H24N2O7S. The molecule has 26 heavy (non-hydrogen) atoms. The van der Waals surface area contributed by atoms with E-state index in [1.54, 1.807) is 4.31 Å². The van der Waals surface area contributed by atoms with Crippen molar-refractivity contribution in [2.45, 2.75) is 13.5 Å². The first kappa shape index (κ1) is 21.9. The molecule has 0 atom stereocenters. The van der Waals surface area contributed by atoms with Crippen LogP contribution in [0.1, 0.15) is 12.5 Å². The minimum absolute atomic E-state index is 0.579. The van der Waals surface area contributed by atoms with Crippen molar-refractivity contribution in [1.29, 1.82) is 0 Å². The van der Waals surface area contributed by atoms with E-state index in [2.05, 4.69) is 17.0 Å². The summed E-state index contributed by atoms with van der Waals surface area (Å²) in [5.41, 5.74) is 1.22. The zero-order valence-corrected chi connectivity index (χ0v) is 15.6. The van der Waals surface area contributed by atoms with Gasteiger partial charge in [0.1, 0.15) is 5.75 Å². The molecule has 1 aliphatic heterocycles. The summed E-state index contributed by atoms with van der Waals surface area (Å²) in [4.78, 5) is 20.5. The van der Waals surface area contributed by atoms with Crippen LogP contribution in [-0.2, 0) is 26.2 Å². The van der Waals surface area contributed by atoms with Crippen molar-refractivity contribution in [2.75, 3.05) is 39.0 Å². The molecule has 1 aliphatic rings. The Hall–Kier alpha value is -2.17. The van der Waals surface area contributed by atoms with Gasteiger partial charge in [-0.3, -0.25) is 4.90 Å². The Morgan fingerprint density at radius 3 is 1.92 bits per heavy atom. The van der Waals surface area contributed by atoms with Crippen LogP contribution in [0.2, 0.25) is 0 Å². The highest BCUT2D eigenvalue weighted by molar-refractivity contribution is 7.88. The van der Waals surface area contributed by atoms with Crippen molar-refractivity contribution in [2.24, 2.45) is 0 Å². The Morgan fingerprint density at radius 1 is 1.04 bits per heavy atom. The second-order valence-electron chi connectivity index (χ2n) is 5.63. The number of aliphatic carboxylic acids is 2. The highest BCUT2D eigenvalue weighted by Gasteiger charge is 2.23. The van der Waals surface area contributed by atoms with Crippen molar-refractivity contribution in [3.8, 4) is 5.75 Å². The molecule has 0 aliphatic carbocycles. The predicted molar refractivity (Wildman–Crippen MR) is 94.6 cm³/mol. The molecule has 0 radical (unpaired) electrons. The van der Waals surface area contributed by atoms with E-state index >= 15 is 0 Å². The van der Waals surface area contributed by atoms with Crippen LogP contribution in [-0.4, -0.2) is 78.8 Å². The van der Waals surface area contributed by atoms with Gasteiger partial charge in [0.25, 0.3) is 0 Å². The molecule has 1 fully saturated rings. The number of benzene rings is 1. The monoisotopic (exact) mass is 388 g/mol. The third kappa shape index (κ3) is 7.81. The Balaban J connectivity index is 0.000000487.